The van der Waals surface area contributed by atoms with E-state index in [1.807, 2.05) is 83.4 Å². The summed E-state index contributed by atoms with van der Waals surface area (Å²) in [4.78, 5) is 20.1. The Bertz CT molecular complexity index is 2100. The lowest BCUT2D eigenvalue weighted by Gasteiger charge is -2.31. The second-order valence-electron chi connectivity index (χ2n) is 10.7. The van der Waals surface area contributed by atoms with Crippen molar-refractivity contribution in [2.24, 2.45) is 4.99 Å². The maximum atomic E-state index is 14.3. The van der Waals surface area contributed by atoms with Crippen molar-refractivity contribution in [3.63, 3.8) is 0 Å². The van der Waals surface area contributed by atoms with Crippen molar-refractivity contribution < 1.29 is 14.2 Å². The molecule has 0 bridgehead atoms. The van der Waals surface area contributed by atoms with Crippen LogP contribution in [0.15, 0.2) is 106 Å². The smallest absolute Gasteiger partial charge is 0.271 e. The van der Waals surface area contributed by atoms with Crippen LogP contribution in [0.2, 0.25) is 5.02 Å². The van der Waals surface area contributed by atoms with Gasteiger partial charge in [-0.15, -0.1) is 0 Å². The van der Waals surface area contributed by atoms with Gasteiger partial charge in [-0.2, -0.15) is 0 Å². The van der Waals surface area contributed by atoms with Gasteiger partial charge in [0.1, 0.15) is 12.4 Å². The van der Waals surface area contributed by atoms with Crippen LogP contribution in [0.5, 0.6) is 17.2 Å². The number of ether oxygens (including phenoxy) is 3. The zero-order valence-electron chi connectivity index (χ0n) is 24.2. The number of rotatable bonds is 7. The number of aromatic nitrogens is 1. The fourth-order valence-electron chi connectivity index (χ4n) is 5.96. The van der Waals surface area contributed by atoms with E-state index < -0.39 is 0 Å². The van der Waals surface area contributed by atoms with E-state index in [0.717, 1.165) is 46.4 Å². The Balaban J connectivity index is 1.37. The van der Waals surface area contributed by atoms with Gasteiger partial charge in [-0.1, -0.05) is 83.6 Å². The van der Waals surface area contributed by atoms with E-state index in [9.17, 15) is 4.79 Å². The zero-order chi connectivity index (χ0) is 30.2. The summed E-state index contributed by atoms with van der Waals surface area (Å²) in [5.41, 5.74) is 7.15. The molecule has 1 aromatic heterocycles. The molecule has 0 radical (unpaired) electrons. The Morgan fingerprint density at radius 2 is 1.68 bits per heavy atom. The second-order valence-corrected chi connectivity index (χ2v) is 12.1. The SMILES string of the molecule is COc1ccc([C@@H]2C3=C(N=c4s/c(=C\c5ccccc5OCc5ccc(Cl)cc5)c(=O)n42)c2ccccc2CC3)cc1OC. The summed E-state index contributed by atoms with van der Waals surface area (Å²) < 4.78 is 19.8. The number of thiazole rings is 1. The van der Waals surface area contributed by atoms with Gasteiger partial charge in [-0.3, -0.25) is 9.36 Å². The third kappa shape index (κ3) is 5.12. The Kier molecular flexibility index (Phi) is 7.58. The number of aryl methyl sites for hydroxylation is 1. The number of nitrogens with zero attached hydrogens (tertiary/aromatic N) is 2. The first-order valence-corrected chi connectivity index (χ1v) is 15.5. The first kappa shape index (κ1) is 28.2. The molecule has 2 heterocycles. The van der Waals surface area contributed by atoms with Crippen LogP contribution >= 0.6 is 22.9 Å². The number of para-hydroxylation sites is 1. The summed E-state index contributed by atoms with van der Waals surface area (Å²) >= 11 is 7.44. The molecule has 8 heteroatoms. The Labute approximate surface area is 263 Å². The van der Waals surface area contributed by atoms with E-state index in [0.29, 0.717) is 38.2 Å². The highest BCUT2D eigenvalue weighted by atomic mass is 35.5. The molecule has 1 atom stereocenters. The molecule has 0 spiro atoms. The minimum Gasteiger partial charge on any atom is -0.493 e. The van der Waals surface area contributed by atoms with Gasteiger partial charge < -0.3 is 14.2 Å². The van der Waals surface area contributed by atoms with Gasteiger partial charge >= 0.3 is 0 Å². The van der Waals surface area contributed by atoms with Crippen LogP contribution in [-0.2, 0) is 13.0 Å². The molecular weight excluding hydrogens is 592 g/mol. The highest BCUT2D eigenvalue weighted by molar-refractivity contribution is 7.07. The topological polar surface area (TPSA) is 62.0 Å². The van der Waals surface area contributed by atoms with Crippen LogP contribution in [-0.4, -0.2) is 18.8 Å². The molecule has 1 aliphatic carbocycles. The number of benzene rings is 4. The Hall–Kier alpha value is -4.59. The summed E-state index contributed by atoms with van der Waals surface area (Å²) in [5, 5.41) is 0.682. The molecule has 2 aliphatic rings. The van der Waals surface area contributed by atoms with Gasteiger partial charge in [0.05, 0.1) is 30.5 Å². The predicted molar refractivity (Wildman–Crippen MR) is 175 cm³/mol. The lowest BCUT2D eigenvalue weighted by molar-refractivity contribution is 0.305. The van der Waals surface area contributed by atoms with Crippen molar-refractivity contribution in [3.05, 3.63) is 149 Å². The molecule has 220 valence electrons. The van der Waals surface area contributed by atoms with Crippen LogP contribution < -0.4 is 29.1 Å². The monoisotopic (exact) mass is 620 g/mol. The van der Waals surface area contributed by atoms with Crippen LogP contribution in [0, 0.1) is 0 Å². The number of halogens is 1. The Morgan fingerprint density at radius 3 is 2.50 bits per heavy atom. The molecule has 0 fully saturated rings. The number of fused-ring (bicyclic) bond motifs is 3. The highest BCUT2D eigenvalue weighted by Crippen LogP contribution is 2.42. The molecule has 4 aromatic carbocycles. The molecule has 0 saturated carbocycles. The molecular formula is C36H29ClN2O4S. The number of hydrogen-bond acceptors (Lipinski definition) is 6. The predicted octanol–water partition coefficient (Wildman–Crippen LogP) is 6.57. The van der Waals surface area contributed by atoms with E-state index >= 15 is 0 Å². The van der Waals surface area contributed by atoms with Crippen molar-refractivity contribution in [2.45, 2.75) is 25.5 Å². The number of hydrogen-bond donors (Lipinski definition) is 0. The van der Waals surface area contributed by atoms with Gasteiger partial charge in [0.25, 0.3) is 5.56 Å². The molecule has 0 saturated heterocycles. The third-order valence-corrected chi connectivity index (χ3v) is 9.34. The molecule has 0 amide bonds. The van der Waals surface area contributed by atoms with Crippen LogP contribution in [0.25, 0.3) is 11.8 Å². The van der Waals surface area contributed by atoms with E-state index in [-0.39, 0.29) is 11.6 Å². The first-order chi connectivity index (χ1) is 21.5. The number of allylic oxidation sites excluding steroid dienone is 1. The van der Waals surface area contributed by atoms with Crippen molar-refractivity contribution >= 4 is 34.7 Å². The maximum absolute atomic E-state index is 14.3. The molecule has 44 heavy (non-hydrogen) atoms. The summed E-state index contributed by atoms with van der Waals surface area (Å²) in [7, 11) is 3.25. The second kappa shape index (κ2) is 11.8. The first-order valence-electron chi connectivity index (χ1n) is 14.4. The molecule has 1 aliphatic heterocycles. The van der Waals surface area contributed by atoms with E-state index in [1.54, 1.807) is 14.2 Å². The van der Waals surface area contributed by atoms with Crippen LogP contribution in [0.4, 0.5) is 0 Å². The van der Waals surface area contributed by atoms with Crippen molar-refractivity contribution in [1.82, 2.24) is 4.57 Å². The maximum Gasteiger partial charge on any atom is 0.271 e. The van der Waals surface area contributed by atoms with Gasteiger partial charge in [0.2, 0.25) is 0 Å². The lowest BCUT2D eigenvalue weighted by Crippen LogP contribution is -2.38. The molecule has 6 nitrogen and oxygen atoms in total. The minimum absolute atomic E-state index is 0.0913. The average Bonchev–Trinajstić information content (AvgIpc) is 3.37. The van der Waals surface area contributed by atoms with E-state index in [1.165, 1.54) is 16.9 Å². The van der Waals surface area contributed by atoms with Crippen molar-refractivity contribution in [2.75, 3.05) is 14.2 Å². The van der Waals surface area contributed by atoms with Crippen molar-refractivity contribution in [1.29, 1.82) is 0 Å². The molecule has 0 N–H and O–H groups in total. The fraction of sp³-hybridized carbons (Fsp3) is 0.167. The summed E-state index contributed by atoms with van der Waals surface area (Å²) in [5.74, 6) is 1.95. The third-order valence-electron chi connectivity index (χ3n) is 8.11. The quantitative estimate of drug-likeness (QED) is 0.207. The fourth-order valence-corrected chi connectivity index (χ4v) is 7.08. The minimum atomic E-state index is -0.326. The molecule has 7 rings (SSSR count). The summed E-state index contributed by atoms with van der Waals surface area (Å²) in [6, 6.07) is 29.3. The molecule has 5 aromatic rings. The van der Waals surface area contributed by atoms with Gasteiger partial charge in [-0.05, 0) is 71.5 Å². The van der Waals surface area contributed by atoms with E-state index in [4.69, 9.17) is 30.8 Å². The van der Waals surface area contributed by atoms with Gasteiger partial charge in [0, 0.05) is 16.1 Å². The Morgan fingerprint density at radius 1 is 0.909 bits per heavy atom. The van der Waals surface area contributed by atoms with E-state index in [2.05, 4.69) is 18.2 Å². The van der Waals surface area contributed by atoms with Crippen molar-refractivity contribution in [3.8, 4) is 17.2 Å². The van der Waals surface area contributed by atoms with Gasteiger partial charge in [0.15, 0.2) is 16.3 Å². The average molecular weight is 621 g/mol. The largest absolute Gasteiger partial charge is 0.493 e. The lowest BCUT2D eigenvalue weighted by atomic mass is 9.83. The van der Waals surface area contributed by atoms with Gasteiger partial charge in [-0.25, -0.2) is 4.99 Å². The number of methoxy groups -OCH3 is 2. The zero-order valence-corrected chi connectivity index (χ0v) is 25.8. The normalized spacial score (nSPS) is 15.6. The molecule has 0 unspecified atom stereocenters. The van der Waals surface area contributed by atoms with Crippen LogP contribution in [0.3, 0.4) is 0 Å². The summed E-state index contributed by atoms with van der Waals surface area (Å²) in [6.07, 6.45) is 3.60. The highest BCUT2D eigenvalue weighted by Gasteiger charge is 2.33. The van der Waals surface area contributed by atoms with Crippen LogP contribution in [0.1, 0.15) is 40.3 Å². The summed E-state index contributed by atoms with van der Waals surface area (Å²) in [6.45, 7) is 0.384. The standard InChI is InChI=1S/C36H29ClN2O4S/c1-41-30-18-14-25(19-31(30)42-2)34-28-17-13-23-7-3-5-9-27(23)33(28)38-36-39(34)35(40)32(44-36)20-24-8-4-6-10-29(24)43-21-22-11-15-26(37)16-12-22/h3-12,14-16,18-20,34H,13,17,21H2,1-2H3/b32-20-/t34-/m1/s1.